The van der Waals surface area contributed by atoms with Gasteiger partial charge in [0.2, 0.25) is 0 Å². The average molecular weight is 231 g/mol. The van der Waals surface area contributed by atoms with Crippen molar-refractivity contribution in [1.29, 1.82) is 0 Å². The van der Waals surface area contributed by atoms with Crippen molar-refractivity contribution in [2.75, 3.05) is 6.61 Å². The van der Waals surface area contributed by atoms with Gasteiger partial charge in [-0.25, -0.2) is 0 Å². The molecule has 2 rings (SSSR count). The molecule has 0 spiro atoms. The van der Waals surface area contributed by atoms with Crippen molar-refractivity contribution < 1.29 is 9.15 Å². The summed E-state index contributed by atoms with van der Waals surface area (Å²) in [5, 5.41) is 0. The summed E-state index contributed by atoms with van der Waals surface area (Å²) in [7, 11) is 0. The monoisotopic (exact) mass is 231 g/mol. The molecule has 1 unspecified atom stereocenters. The Balaban J connectivity index is 2.24. The lowest BCUT2D eigenvalue weighted by Crippen LogP contribution is -2.11. The molecular weight excluding hydrogens is 214 g/mol. The van der Waals surface area contributed by atoms with Crippen LogP contribution in [0.3, 0.4) is 0 Å². The number of nitrogens with two attached hydrogens (primary N) is 1. The highest BCUT2D eigenvalue weighted by atomic mass is 16.5. The smallest absolute Gasteiger partial charge is 0.125 e. The minimum Gasteiger partial charge on any atom is -0.494 e. The first-order valence-corrected chi connectivity index (χ1v) is 5.75. The van der Waals surface area contributed by atoms with Gasteiger partial charge in [-0.2, -0.15) is 0 Å². The largest absolute Gasteiger partial charge is 0.494 e. The molecule has 0 saturated heterocycles. The van der Waals surface area contributed by atoms with E-state index < -0.39 is 0 Å². The lowest BCUT2D eigenvalue weighted by molar-refractivity contribution is 0.339. The van der Waals surface area contributed by atoms with Gasteiger partial charge in [-0.15, -0.1) is 0 Å². The number of furan rings is 1. The molecule has 17 heavy (non-hydrogen) atoms. The summed E-state index contributed by atoms with van der Waals surface area (Å²) in [6.07, 6.45) is 0. The summed E-state index contributed by atoms with van der Waals surface area (Å²) < 4.78 is 11.0. The molecule has 2 N–H and O–H groups in total. The van der Waals surface area contributed by atoms with Crippen LogP contribution in [0.1, 0.15) is 30.0 Å². The molecule has 1 atom stereocenters. The van der Waals surface area contributed by atoms with Crippen LogP contribution < -0.4 is 10.5 Å². The average Bonchev–Trinajstić information content (AvgIpc) is 2.76. The molecule has 2 aromatic rings. The molecule has 0 saturated carbocycles. The van der Waals surface area contributed by atoms with E-state index in [2.05, 4.69) is 0 Å². The molecule has 0 aliphatic heterocycles. The van der Waals surface area contributed by atoms with E-state index in [1.165, 1.54) is 0 Å². The molecule has 0 radical (unpaired) electrons. The number of rotatable bonds is 4. The van der Waals surface area contributed by atoms with Crippen LogP contribution >= 0.6 is 0 Å². The highest BCUT2D eigenvalue weighted by molar-refractivity contribution is 5.34. The lowest BCUT2D eigenvalue weighted by Gasteiger charge is -2.11. The van der Waals surface area contributed by atoms with Gasteiger partial charge >= 0.3 is 0 Å². The van der Waals surface area contributed by atoms with Crippen LogP contribution in [0.4, 0.5) is 0 Å². The Labute approximate surface area is 101 Å². The maximum atomic E-state index is 6.15. The predicted octanol–water partition coefficient (Wildman–Crippen LogP) is 3.03. The van der Waals surface area contributed by atoms with Crippen LogP contribution in [0.2, 0.25) is 0 Å². The van der Waals surface area contributed by atoms with Crippen molar-refractivity contribution in [2.24, 2.45) is 5.73 Å². The van der Waals surface area contributed by atoms with Gasteiger partial charge in [0, 0.05) is 0 Å². The minimum absolute atomic E-state index is 0.246. The third-order valence-electron chi connectivity index (χ3n) is 2.60. The van der Waals surface area contributed by atoms with Gasteiger partial charge < -0.3 is 14.9 Å². The zero-order chi connectivity index (χ0) is 12.3. The van der Waals surface area contributed by atoms with Crippen molar-refractivity contribution in [3.05, 3.63) is 53.5 Å². The fourth-order valence-electron chi connectivity index (χ4n) is 1.75. The summed E-state index contributed by atoms with van der Waals surface area (Å²) in [5.41, 5.74) is 7.14. The standard InChI is InChI=1S/C14H17NO2/c1-3-16-12-6-4-5-11(9-12)14(15)13-8-7-10(2)17-13/h4-9,14H,3,15H2,1-2H3. The predicted molar refractivity (Wildman–Crippen MR) is 67.1 cm³/mol. The second-order valence-corrected chi connectivity index (χ2v) is 3.93. The van der Waals surface area contributed by atoms with E-state index in [-0.39, 0.29) is 6.04 Å². The third-order valence-corrected chi connectivity index (χ3v) is 2.60. The maximum Gasteiger partial charge on any atom is 0.125 e. The van der Waals surface area contributed by atoms with E-state index in [1.54, 1.807) is 0 Å². The highest BCUT2D eigenvalue weighted by Crippen LogP contribution is 2.24. The van der Waals surface area contributed by atoms with Crippen molar-refractivity contribution in [3.8, 4) is 5.75 Å². The van der Waals surface area contributed by atoms with Gasteiger partial charge in [0.15, 0.2) is 0 Å². The Morgan fingerprint density at radius 2 is 2.12 bits per heavy atom. The number of hydrogen-bond donors (Lipinski definition) is 1. The Bertz CT molecular complexity index is 490. The number of aryl methyl sites for hydroxylation is 1. The SMILES string of the molecule is CCOc1cccc(C(N)c2ccc(C)o2)c1. The van der Waals surface area contributed by atoms with E-state index >= 15 is 0 Å². The summed E-state index contributed by atoms with van der Waals surface area (Å²) in [6.45, 7) is 4.52. The number of hydrogen-bond acceptors (Lipinski definition) is 3. The molecular formula is C14H17NO2. The highest BCUT2D eigenvalue weighted by Gasteiger charge is 2.13. The summed E-state index contributed by atoms with van der Waals surface area (Å²) >= 11 is 0. The topological polar surface area (TPSA) is 48.4 Å². The Morgan fingerprint density at radius 3 is 2.76 bits per heavy atom. The molecule has 0 fully saturated rings. The van der Waals surface area contributed by atoms with Crippen LogP contribution in [0.25, 0.3) is 0 Å². The first-order chi connectivity index (χ1) is 8.20. The van der Waals surface area contributed by atoms with E-state index in [1.807, 2.05) is 50.2 Å². The van der Waals surface area contributed by atoms with Crippen molar-refractivity contribution >= 4 is 0 Å². The second kappa shape index (κ2) is 5.06. The van der Waals surface area contributed by atoms with Crippen LogP contribution in [-0.2, 0) is 0 Å². The molecule has 3 heteroatoms. The van der Waals surface area contributed by atoms with Gasteiger partial charge in [-0.05, 0) is 43.7 Å². The Morgan fingerprint density at radius 1 is 1.29 bits per heavy atom. The summed E-state index contributed by atoms with van der Waals surface area (Å²) in [4.78, 5) is 0. The third kappa shape index (κ3) is 2.68. The fraction of sp³-hybridized carbons (Fsp3) is 0.286. The summed E-state index contributed by atoms with van der Waals surface area (Å²) in [5.74, 6) is 2.48. The molecule has 1 heterocycles. The second-order valence-electron chi connectivity index (χ2n) is 3.93. The summed E-state index contributed by atoms with van der Waals surface area (Å²) in [6, 6.07) is 11.4. The zero-order valence-electron chi connectivity index (χ0n) is 10.1. The maximum absolute atomic E-state index is 6.15. The van der Waals surface area contributed by atoms with Gasteiger partial charge in [-0.1, -0.05) is 12.1 Å². The van der Waals surface area contributed by atoms with Crippen LogP contribution in [0, 0.1) is 6.92 Å². The van der Waals surface area contributed by atoms with E-state index in [4.69, 9.17) is 14.9 Å². The lowest BCUT2D eigenvalue weighted by atomic mass is 10.1. The van der Waals surface area contributed by atoms with Gasteiger partial charge in [-0.3, -0.25) is 0 Å². The molecule has 0 aliphatic carbocycles. The minimum atomic E-state index is -0.246. The molecule has 3 nitrogen and oxygen atoms in total. The number of benzene rings is 1. The quantitative estimate of drug-likeness (QED) is 0.879. The Hall–Kier alpha value is -1.74. The van der Waals surface area contributed by atoms with Crippen LogP contribution in [0.5, 0.6) is 5.75 Å². The Kier molecular flexibility index (Phi) is 3.49. The molecule has 0 aliphatic rings. The number of ether oxygens (including phenoxy) is 1. The van der Waals surface area contributed by atoms with Gasteiger partial charge in [0.1, 0.15) is 17.3 Å². The van der Waals surface area contributed by atoms with Crippen LogP contribution in [0.15, 0.2) is 40.8 Å². The van der Waals surface area contributed by atoms with E-state index in [0.717, 1.165) is 22.8 Å². The van der Waals surface area contributed by atoms with Crippen LogP contribution in [-0.4, -0.2) is 6.61 Å². The van der Waals surface area contributed by atoms with E-state index in [9.17, 15) is 0 Å². The zero-order valence-corrected chi connectivity index (χ0v) is 10.1. The van der Waals surface area contributed by atoms with Crippen molar-refractivity contribution in [2.45, 2.75) is 19.9 Å². The van der Waals surface area contributed by atoms with Gasteiger partial charge in [0.05, 0.1) is 12.6 Å². The van der Waals surface area contributed by atoms with Crippen molar-refractivity contribution in [1.82, 2.24) is 0 Å². The van der Waals surface area contributed by atoms with Crippen molar-refractivity contribution in [3.63, 3.8) is 0 Å². The molecule has 90 valence electrons. The first kappa shape index (κ1) is 11.7. The first-order valence-electron chi connectivity index (χ1n) is 5.75. The normalized spacial score (nSPS) is 12.4. The molecule has 1 aromatic heterocycles. The fourth-order valence-corrected chi connectivity index (χ4v) is 1.75. The van der Waals surface area contributed by atoms with E-state index in [0.29, 0.717) is 6.61 Å². The molecule has 1 aromatic carbocycles. The van der Waals surface area contributed by atoms with Gasteiger partial charge in [0.25, 0.3) is 0 Å². The molecule has 0 amide bonds. The molecule has 0 bridgehead atoms.